The second kappa shape index (κ2) is 6.20. The highest BCUT2D eigenvalue weighted by molar-refractivity contribution is 6.02. The Morgan fingerprint density at radius 2 is 1.65 bits per heavy atom. The van der Waals surface area contributed by atoms with Crippen LogP contribution in [0.3, 0.4) is 0 Å². The minimum atomic E-state index is -0.424. The van der Waals surface area contributed by atoms with Gasteiger partial charge < -0.3 is 18.9 Å². The molecule has 0 N–H and O–H groups in total. The van der Waals surface area contributed by atoms with Gasteiger partial charge in [-0.25, -0.2) is 0 Å². The summed E-state index contributed by atoms with van der Waals surface area (Å²) in [5.41, 5.74) is 1.28. The van der Waals surface area contributed by atoms with Gasteiger partial charge in [-0.2, -0.15) is 0 Å². The van der Waals surface area contributed by atoms with Crippen LogP contribution in [0, 0.1) is 0 Å². The number of carbonyl (C=O) groups excluding carboxylic acids is 1. The van der Waals surface area contributed by atoms with E-state index < -0.39 is 6.10 Å². The Bertz CT molecular complexity index is 738. The van der Waals surface area contributed by atoms with Crippen LogP contribution in [0.25, 0.3) is 0 Å². The number of para-hydroxylation sites is 1. The first-order valence-electron chi connectivity index (χ1n) is 7.27. The average Bonchev–Trinajstić information content (AvgIpc) is 2.60. The molecule has 0 saturated heterocycles. The molecule has 1 atom stereocenters. The fourth-order valence-electron chi connectivity index (χ4n) is 2.86. The third-order valence-electron chi connectivity index (χ3n) is 3.91. The van der Waals surface area contributed by atoms with Crippen LogP contribution in [0.4, 0.5) is 0 Å². The van der Waals surface area contributed by atoms with E-state index in [0.29, 0.717) is 28.6 Å². The number of benzene rings is 2. The minimum absolute atomic E-state index is 0.0152. The van der Waals surface area contributed by atoms with Gasteiger partial charge in [0.05, 0.1) is 27.8 Å². The molecular weight excluding hydrogens is 296 g/mol. The van der Waals surface area contributed by atoms with E-state index in [1.807, 2.05) is 18.2 Å². The van der Waals surface area contributed by atoms with Gasteiger partial charge in [0, 0.05) is 5.56 Å². The smallest absolute Gasteiger partial charge is 0.174 e. The number of fused-ring (bicyclic) bond motifs is 1. The summed E-state index contributed by atoms with van der Waals surface area (Å²) in [6, 6.07) is 10.9. The Morgan fingerprint density at radius 1 is 0.957 bits per heavy atom. The molecule has 0 aliphatic carbocycles. The Hall–Kier alpha value is -2.69. The quantitative estimate of drug-likeness (QED) is 0.865. The van der Waals surface area contributed by atoms with Gasteiger partial charge in [-0.1, -0.05) is 18.2 Å². The molecule has 0 spiro atoms. The lowest BCUT2D eigenvalue weighted by molar-refractivity contribution is 0.0841. The molecular formula is C18H18O5. The number of Topliss-reactive ketones (excluding diaryl/α,β-unsaturated/α-hetero) is 1. The van der Waals surface area contributed by atoms with Crippen LogP contribution in [0.1, 0.15) is 28.4 Å². The van der Waals surface area contributed by atoms with Gasteiger partial charge in [-0.3, -0.25) is 4.79 Å². The number of rotatable bonds is 4. The number of carbonyl (C=O) groups is 1. The SMILES string of the molecule is COc1cccc(C2CC(=O)c3c(OC)cccc3O2)c1OC. The van der Waals surface area contributed by atoms with Crippen LogP contribution in [0.5, 0.6) is 23.0 Å². The average molecular weight is 314 g/mol. The molecule has 0 amide bonds. The van der Waals surface area contributed by atoms with Gasteiger partial charge in [0.25, 0.3) is 0 Å². The topological polar surface area (TPSA) is 54.0 Å². The molecule has 1 unspecified atom stereocenters. The molecule has 1 heterocycles. The standard InChI is InChI=1S/C18H18O5/c1-20-13-7-5-8-14-17(13)12(19)10-16(23-14)11-6-4-9-15(21-2)18(11)22-3/h4-9,16H,10H2,1-3H3. The normalized spacial score (nSPS) is 16.3. The summed E-state index contributed by atoms with van der Waals surface area (Å²) in [7, 11) is 4.69. The fourth-order valence-corrected chi connectivity index (χ4v) is 2.86. The second-order valence-electron chi connectivity index (χ2n) is 5.15. The van der Waals surface area contributed by atoms with E-state index in [4.69, 9.17) is 18.9 Å². The lowest BCUT2D eigenvalue weighted by Gasteiger charge is -2.27. The van der Waals surface area contributed by atoms with Crippen LogP contribution in [0.15, 0.2) is 36.4 Å². The highest BCUT2D eigenvalue weighted by Crippen LogP contribution is 2.43. The van der Waals surface area contributed by atoms with E-state index in [-0.39, 0.29) is 12.2 Å². The molecule has 1 aliphatic heterocycles. The monoisotopic (exact) mass is 314 g/mol. The van der Waals surface area contributed by atoms with Crippen LogP contribution >= 0.6 is 0 Å². The van der Waals surface area contributed by atoms with E-state index in [9.17, 15) is 4.79 Å². The molecule has 3 rings (SSSR count). The summed E-state index contributed by atoms with van der Waals surface area (Å²) in [5, 5.41) is 0. The first kappa shape index (κ1) is 15.2. The maximum atomic E-state index is 12.6. The molecule has 2 aromatic carbocycles. The number of hydrogen-bond donors (Lipinski definition) is 0. The number of ether oxygens (including phenoxy) is 4. The van der Waals surface area contributed by atoms with Crippen molar-refractivity contribution in [2.45, 2.75) is 12.5 Å². The third-order valence-corrected chi connectivity index (χ3v) is 3.91. The van der Waals surface area contributed by atoms with Crippen LogP contribution < -0.4 is 18.9 Å². The molecule has 1 aliphatic rings. The highest BCUT2D eigenvalue weighted by atomic mass is 16.5. The zero-order chi connectivity index (χ0) is 16.4. The van der Waals surface area contributed by atoms with Crippen LogP contribution in [-0.2, 0) is 0 Å². The van der Waals surface area contributed by atoms with Gasteiger partial charge in [-0.05, 0) is 18.2 Å². The molecule has 5 nitrogen and oxygen atoms in total. The fraction of sp³-hybridized carbons (Fsp3) is 0.278. The molecule has 5 heteroatoms. The molecule has 23 heavy (non-hydrogen) atoms. The first-order chi connectivity index (χ1) is 11.2. The highest BCUT2D eigenvalue weighted by Gasteiger charge is 2.32. The van der Waals surface area contributed by atoms with Crippen LogP contribution in [0.2, 0.25) is 0 Å². The minimum Gasteiger partial charge on any atom is -0.496 e. The number of methoxy groups -OCH3 is 3. The van der Waals surface area contributed by atoms with Gasteiger partial charge in [0.2, 0.25) is 0 Å². The maximum Gasteiger partial charge on any atom is 0.174 e. The van der Waals surface area contributed by atoms with Crippen molar-refractivity contribution in [2.24, 2.45) is 0 Å². The van der Waals surface area contributed by atoms with Crippen molar-refractivity contribution in [2.75, 3.05) is 21.3 Å². The van der Waals surface area contributed by atoms with E-state index in [0.717, 1.165) is 5.56 Å². The van der Waals surface area contributed by atoms with Crippen molar-refractivity contribution in [1.82, 2.24) is 0 Å². The summed E-state index contributed by atoms with van der Waals surface area (Å²) >= 11 is 0. The number of ketones is 1. The first-order valence-corrected chi connectivity index (χ1v) is 7.27. The molecule has 0 radical (unpaired) electrons. The maximum absolute atomic E-state index is 12.6. The summed E-state index contributed by atoms with van der Waals surface area (Å²) in [6.07, 6.45) is -0.205. The molecule has 2 aromatic rings. The van der Waals surface area contributed by atoms with E-state index in [2.05, 4.69) is 0 Å². The molecule has 120 valence electrons. The largest absolute Gasteiger partial charge is 0.496 e. The van der Waals surface area contributed by atoms with Crippen molar-refractivity contribution in [1.29, 1.82) is 0 Å². The van der Waals surface area contributed by atoms with Crippen LogP contribution in [-0.4, -0.2) is 27.1 Å². The molecule has 0 aromatic heterocycles. The predicted molar refractivity (Wildman–Crippen MR) is 84.9 cm³/mol. The third kappa shape index (κ3) is 2.59. The second-order valence-corrected chi connectivity index (χ2v) is 5.15. The molecule has 0 fully saturated rings. The predicted octanol–water partition coefficient (Wildman–Crippen LogP) is 3.42. The van der Waals surface area contributed by atoms with E-state index in [1.54, 1.807) is 39.5 Å². The Labute approximate surface area is 134 Å². The molecule has 0 saturated carbocycles. The summed E-state index contributed by atoms with van der Waals surface area (Å²) in [4.78, 5) is 12.6. The Balaban J connectivity index is 2.03. The van der Waals surface area contributed by atoms with Crippen molar-refractivity contribution in [3.63, 3.8) is 0 Å². The summed E-state index contributed by atoms with van der Waals surface area (Å²) < 4.78 is 22.1. The Morgan fingerprint density at radius 3 is 2.35 bits per heavy atom. The summed E-state index contributed by atoms with van der Waals surface area (Å²) in [6.45, 7) is 0. The van der Waals surface area contributed by atoms with Gasteiger partial charge in [0.15, 0.2) is 17.3 Å². The molecule has 0 bridgehead atoms. The zero-order valence-electron chi connectivity index (χ0n) is 13.3. The van der Waals surface area contributed by atoms with Gasteiger partial charge >= 0.3 is 0 Å². The lowest BCUT2D eigenvalue weighted by Crippen LogP contribution is -2.21. The summed E-state index contributed by atoms with van der Waals surface area (Å²) in [5.74, 6) is 2.23. The van der Waals surface area contributed by atoms with Gasteiger partial charge in [0.1, 0.15) is 23.2 Å². The van der Waals surface area contributed by atoms with Gasteiger partial charge in [-0.15, -0.1) is 0 Å². The van der Waals surface area contributed by atoms with Crippen molar-refractivity contribution in [3.8, 4) is 23.0 Å². The number of hydrogen-bond acceptors (Lipinski definition) is 5. The lowest BCUT2D eigenvalue weighted by atomic mass is 9.95. The van der Waals surface area contributed by atoms with Crippen molar-refractivity contribution < 1.29 is 23.7 Å². The van der Waals surface area contributed by atoms with Crippen molar-refractivity contribution >= 4 is 5.78 Å². The zero-order valence-corrected chi connectivity index (χ0v) is 13.3. The Kier molecular flexibility index (Phi) is 4.10. The van der Waals surface area contributed by atoms with Crippen molar-refractivity contribution in [3.05, 3.63) is 47.5 Å². The van der Waals surface area contributed by atoms with E-state index in [1.165, 1.54) is 0 Å². The van der Waals surface area contributed by atoms with E-state index >= 15 is 0 Å².